The van der Waals surface area contributed by atoms with E-state index in [4.69, 9.17) is 11.2 Å². The van der Waals surface area contributed by atoms with E-state index < -0.39 is 5.60 Å². The predicted molar refractivity (Wildman–Crippen MR) is 106 cm³/mol. The fraction of sp³-hybridized carbons (Fsp3) is 0.708. The maximum atomic E-state index is 11.9. The van der Waals surface area contributed by atoms with E-state index in [2.05, 4.69) is 18.9 Å². The second kappa shape index (κ2) is 6.73. The first-order chi connectivity index (χ1) is 13.0. The van der Waals surface area contributed by atoms with E-state index >= 15 is 0 Å². The number of hydrogen-bond acceptors (Lipinski definition) is 3. The summed E-state index contributed by atoms with van der Waals surface area (Å²) in [6, 6.07) is 0. The van der Waals surface area contributed by atoms with Crippen LogP contribution in [0, 0.1) is 41.4 Å². The first kappa shape index (κ1) is 18.7. The zero-order valence-corrected chi connectivity index (χ0v) is 16.7. The van der Waals surface area contributed by atoms with Gasteiger partial charge in [-0.15, -0.1) is 6.42 Å². The van der Waals surface area contributed by atoms with Crippen LogP contribution >= 0.6 is 0 Å². The van der Waals surface area contributed by atoms with Crippen molar-refractivity contribution in [3.63, 3.8) is 0 Å². The van der Waals surface area contributed by atoms with Crippen LogP contribution in [-0.4, -0.2) is 16.7 Å². The molecule has 4 rings (SSSR count). The summed E-state index contributed by atoms with van der Waals surface area (Å²) >= 11 is 0. The van der Waals surface area contributed by atoms with Crippen molar-refractivity contribution in [1.82, 2.24) is 0 Å². The number of rotatable bonds is 2. The Kier molecular flexibility index (Phi) is 4.65. The number of carbonyl (C=O) groups excluding carboxylic acids is 1. The van der Waals surface area contributed by atoms with E-state index in [9.17, 15) is 9.90 Å². The second-order valence-electron chi connectivity index (χ2n) is 9.19. The third-order valence-corrected chi connectivity index (χ3v) is 8.53. The van der Waals surface area contributed by atoms with Gasteiger partial charge in [0, 0.05) is 12.3 Å². The number of aliphatic hydroxyl groups is 1. The van der Waals surface area contributed by atoms with E-state index in [1.807, 2.05) is 0 Å². The van der Waals surface area contributed by atoms with Gasteiger partial charge in [-0.1, -0.05) is 24.5 Å². The van der Waals surface area contributed by atoms with Crippen LogP contribution in [0.1, 0.15) is 71.6 Å². The normalized spacial score (nSPS) is 44.5. The van der Waals surface area contributed by atoms with E-state index in [-0.39, 0.29) is 11.4 Å². The molecule has 0 heterocycles. The monoisotopic (exact) mass is 368 g/mol. The highest BCUT2D eigenvalue weighted by Gasteiger charge is 2.65. The van der Waals surface area contributed by atoms with Gasteiger partial charge in [-0.05, 0) is 87.0 Å². The topological polar surface area (TPSA) is 46.5 Å². The Morgan fingerprint density at radius 2 is 2.11 bits per heavy atom. The van der Waals surface area contributed by atoms with Crippen molar-refractivity contribution in [3.8, 4) is 12.3 Å². The van der Waals surface area contributed by atoms with Gasteiger partial charge in [0.05, 0.1) is 6.26 Å². The maximum Gasteiger partial charge on any atom is 0.304 e. The van der Waals surface area contributed by atoms with Gasteiger partial charge in [-0.25, -0.2) is 0 Å². The molecule has 1 N–H and O–H groups in total. The lowest BCUT2D eigenvalue weighted by atomic mass is 9.49. The van der Waals surface area contributed by atoms with Crippen LogP contribution in [-0.2, 0) is 9.53 Å². The van der Waals surface area contributed by atoms with Gasteiger partial charge in [-0.3, -0.25) is 4.79 Å². The molecular formula is C24H32O3. The largest absolute Gasteiger partial charge is 0.515 e. The van der Waals surface area contributed by atoms with Crippen LogP contribution in [0.3, 0.4) is 0 Å². The lowest BCUT2D eigenvalue weighted by Gasteiger charge is -2.56. The van der Waals surface area contributed by atoms with E-state index in [0.29, 0.717) is 17.8 Å². The third kappa shape index (κ3) is 2.59. The number of ether oxygens (including phenoxy) is 1. The van der Waals surface area contributed by atoms with Gasteiger partial charge >= 0.3 is 5.97 Å². The summed E-state index contributed by atoms with van der Waals surface area (Å²) in [5, 5.41) is 9.39. The van der Waals surface area contributed by atoms with Crippen molar-refractivity contribution in [2.45, 2.75) is 77.2 Å². The highest BCUT2D eigenvalue weighted by molar-refractivity contribution is 5.67. The molecule has 0 aromatic heterocycles. The van der Waals surface area contributed by atoms with Crippen LogP contribution in [0.25, 0.3) is 0 Å². The number of fused-ring (bicyclic) bond motifs is 5. The Morgan fingerprint density at radius 1 is 1.30 bits per heavy atom. The van der Waals surface area contributed by atoms with Crippen molar-refractivity contribution in [2.24, 2.45) is 29.1 Å². The Morgan fingerprint density at radius 3 is 2.78 bits per heavy atom. The molecule has 3 fully saturated rings. The minimum atomic E-state index is -0.710. The number of hydrogen-bond donors (Lipinski definition) is 1. The Hall–Kier alpha value is -1.69. The molecule has 6 atom stereocenters. The molecule has 4 aliphatic rings. The van der Waals surface area contributed by atoms with Crippen LogP contribution < -0.4 is 0 Å². The number of carbonyl (C=O) groups is 1. The third-order valence-electron chi connectivity index (χ3n) is 8.53. The van der Waals surface area contributed by atoms with Crippen LogP contribution in [0.15, 0.2) is 23.5 Å². The van der Waals surface area contributed by atoms with Gasteiger partial charge in [0.15, 0.2) is 5.60 Å². The summed E-state index contributed by atoms with van der Waals surface area (Å²) in [5.41, 5.74) is 1.87. The Bertz CT molecular complexity index is 726. The van der Waals surface area contributed by atoms with Gasteiger partial charge in [0.2, 0.25) is 0 Å². The molecule has 0 amide bonds. The second-order valence-corrected chi connectivity index (χ2v) is 9.19. The Labute approximate surface area is 163 Å². The molecule has 0 aromatic carbocycles. The highest BCUT2D eigenvalue weighted by Crippen LogP contribution is 2.67. The number of esters is 1. The van der Waals surface area contributed by atoms with Crippen LogP contribution in [0.2, 0.25) is 0 Å². The summed E-state index contributed by atoms with van der Waals surface area (Å²) in [5.74, 6) is 5.37. The van der Waals surface area contributed by atoms with Gasteiger partial charge in [0.1, 0.15) is 0 Å². The van der Waals surface area contributed by atoms with E-state index in [1.54, 1.807) is 5.57 Å². The summed E-state index contributed by atoms with van der Waals surface area (Å²) in [6.45, 7) is 3.73. The average molecular weight is 369 g/mol. The zero-order valence-electron chi connectivity index (χ0n) is 16.7. The molecule has 146 valence electrons. The molecule has 0 spiro atoms. The molecule has 4 aliphatic carbocycles. The molecule has 3 nitrogen and oxygen atoms in total. The van der Waals surface area contributed by atoms with Crippen molar-refractivity contribution in [3.05, 3.63) is 23.5 Å². The lowest BCUT2D eigenvalue weighted by Crippen LogP contribution is -2.55. The maximum absolute atomic E-state index is 11.9. The predicted octanol–water partition coefficient (Wildman–Crippen LogP) is 5.33. The molecule has 0 saturated heterocycles. The number of terminal acetylenes is 1. The summed E-state index contributed by atoms with van der Waals surface area (Å²) in [4.78, 5) is 11.9. The molecule has 0 unspecified atom stereocenters. The van der Waals surface area contributed by atoms with Crippen LogP contribution in [0.4, 0.5) is 0 Å². The van der Waals surface area contributed by atoms with Crippen molar-refractivity contribution in [1.29, 1.82) is 0 Å². The van der Waals surface area contributed by atoms with E-state index in [1.165, 1.54) is 26.0 Å². The quantitative estimate of drug-likeness (QED) is 0.407. The zero-order chi connectivity index (χ0) is 19.2. The van der Waals surface area contributed by atoms with Gasteiger partial charge in [0.25, 0.3) is 0 Å². The molecule has 3 saturated carbocycles. The number of aliphatic hydroxyl groups excluding tert-OH is 1. The minimum Gasteiger partial charge on any atom is -0.515 e. The minimum absolute atomic E-state index is 0.0549. The molecule has 0 aliphatic heterocycles. The summed E-state index contributed by atoms with van der Waals surface area (Å²) in [6.07, 6.45) is 19.2. The molecule has 3 heteroatoms. The molecular weight excluding hydrogens is 336 g/mol. The molecule has 0 bridgehead atoms. The average Bonchev–Trinajstić information content (AvgIpc) is 3.01. The SMILES string of the molecule is C#C[C@]1(OC(C)=O)CC[C@H]2[C@@H]3CCC4=C/C(=C/O)CC[C@@H]4[C@H]3CC[C@@]21CC. The molecule has 0 aromatic rings. The summed E-state index contributed by atoms with van der Waals surface area (Å²) < 4.78 is 5.91. The molecule has 27 heavy (non-hydrogen) atoms. The van der Waals surface area contributed by atoms with Crippen molar-refractivity contribution >= 4 is 5.97 Å². The van der Waals surface area contributed by atoms with Gasteiger partial charge < -0.3 is 9.84 Å². The van der Waals surface area contributed by atoms with E-state index in [0.717, 1.165) is 56.4 Å². The highest BCUT2D eigenvalue weighted by atomic mass is 16.6. The molecule has 0 radical (unpaired) electrons. The van der Waals surface area contributed by atoms with Crippen molar-refractivity contribution < 1.29 is 14.6 Å². The Balaban J connectivity index is 1.66. The fourth-order valence-electron chi connectivity index (χ4n) is 7.52. The summed E-state index contributed by atoms with van der Waals surface area (Å²) in [7, 11) is 0. The number of allylic oxidation sites excluding steroid dienone is 3. The van der Waals surface area contributed by atoms with Crippen molar-refractivity contribution in [2.75, 3.05) is 0 Å². The fourth-order valence-corrected chi connectivity index (χ4v) is 7.52. The smallest absolute Gasteiger partial charge is 0.304 e. The van der Waals surface area contributed by atoms with Gasteiger partial charge in [-0.2, -0.15) is 0 Å². The van der Waals surface area contributed by atoms with Crippen LogP contribution in [0.5, 0.6) is 0 Å². The first-order valence-corrected chi connectivity index (χ1v) is 10.7. The first-order valence-electron chi connectivity index (χ1n) is 10.7. The standard InChI is InChI=1S/C24H32O3/c1-4-23-12-10-20-19-8-6-17(15-25)14-18(19)7-9-21(20)22(23)11-13-24(23,5-2)27-16(3)26/h2,14-15,19-22,25H,4,6-13H2,1,3H3/b17-15+/t19-,20+,21+,22-,23-,24-/m0/s1. The lowest BCUT2D eigenvalue weighted by molar-refractivity contribution is -0.170.